The van der Waals surface area contributed by atoms with Crippen molar-refractivity contribution in [3.63, 3.8) is 0 Å². The molecule has 0 heterocycles. The Morgan fingerprint density at radius 1 is 1.30 bits per heavy atom. The first-order chi connectivity index (χ1) is 9.58. The topological polar surface area (TPSA) is 58.2 Å². The highest BCUT2D eigenvalue weighted by molar-refractivity contribution is 6.31. The fourth-order valence-electron chi connectivity index (χ4n) is 2.44. The molecule has 1 aromatic carbocycles. The van der Waals surface area contributed by atoms with Crippen molar-refractivity contribution in [2.24, 2.45) is 5.92 Å². The fraction of sp³-hybridized carbons (Fsp3) is 0.467. The number of hydrogen-bond acceptors (Lipinski definition) is 2. The van der Waals surface area contributed by atoms with Gasteiger partial charge in [0.1, 0.15) is 0 Å². The largest absolute Gasteiger partial charge is 0.347 e. The van der Waals surface area contributed by atoms with Gasteiger partial charge in [-0.05, 0) is 37.5 Å². The fourth-order valence-corrected chi connectivity index (χ4v) is 2.61. The SMILES string of the molecule is Cc1c(Cl)cccc1NC(=O)CNC(=O)C1CCCC1. The lowest BCUT2D eigenvalue weighted by Crippen LogP contribution is -2.36. The zero-order valence-corrected chi connectivity index (χ0v) is 12.3. The molecule has 1 saturated carbocycles. The molecule has 20 heavy (non-hydrogen) atoms. The van der Waals surface area contributed by atoms with Crippen LogP contribution in [0.25, 0.3) is 0 Å². The normalized spacial score (nSPS) is 15.1. The maximum absolute atomic E-state index is 11.8. The third-order valence-corrected chi connectivity index (χ3v) is 4.10. The van der Waals surface area contributed by atoms with E-state index in [0.29, 0.717) is 10.7 Å². The minimum absolute atomic E-state index is 0.00128. The van der Waals surface area contributed by atoms with Gasteiger partial charge < -0.3 is 10.6 Å². The standard InChI is InChI=1S/C15H19ClN2O2/c1-10-12(16)7-4-8-13(10)18-14(19)9-17-15(20)11-5-2-3-6-11/h4,7-8,11H,2-3,5-6,9H2,1H3,(H,17,20)(H,18,19). The van der Waals surface area contributed by atoms with Crippen LogP contribution in [0, 0.1) is 12.8 Å². The number of hydrogen-bond donors (Lipinski definition) is 2. The second-order valence-corrected chi connectivity index (χ2v) is 5.57. The van der Waals surface area contributed by atoms with Crippen LogP contribution < -0.4 is 10.6 Å². The van der Waals surface area contributed by atoms with E-state index in [-0.39, 0.29) is 24.3 Å². The highest BCUT2D eigenvalue weighted by Gasteiger charge is 2.22. The first kappa shape index (κ1) is 14.9. The number of carbonyl (C=O) groups is 2. The van der Waals surface area contributed by atoms with Crippen LogP contribution in [0.15, 0.2) is 18.2 Å². The quantitative estimate of drug-likeness (QED) is 0.897. The van der Waals surface area contributed by atoms with Gasteiger partial charge in [-0.25, -0.2) is 0 Å². The van der Waals surface area contributed by atoms with Crippen LogP contribution in [0.5, 0.6) is 0 Å². The second kappa shape index (κ2) is 6.75. The van der Waals surface area contributed by atoms with Crippen LogP contribution in [0.3, 0.4) is 0 Å². The van der Waals surface area contributed by atoms with Crippen molar-refractivity contribution in [1.29, 1.82) is 0 Å². The number of benzene rings is 1. The van der Waals surface area contributed by atoms with Crippen LogP contribution in [-0.4, -0.2) is 18.4 Å². The summed E-state index contributed by atoms with van der Waals surface area (Å²) in [5, 5.41) is 6.06. The Bertz CT molecular complexity index is 511. The summed E-state index contributed by atoms with van der Waals surface area (Å²) in [5.41, 5.74) is 1.50. The highest BCUT2D eigenvalue weighted by Crippen LogP contribution is 2.25. The van der Waals surface area contributed by atoms with Gasteiger partial charge in [0.2, 0.25) is 11.8 Å². The lowest BCUT2D eigenvalue weighted by Gasteiger charge is -2.12. The van der Waals surface area contributed by atoms with E-state index in [9.17, 15) is 9.59 Å². The summed E-state index contributed by atoms with van der Waals surface area (Å²) in [6.45, 7) is 1.84. The van der Waals surface area contributed by atoms with Crippen molar-refractivity contribution >= 4 is 29.1 Å². The molecule has 2 rings (SSSR count). The Morgan fingerprint density at radius 3 is 2.70 bits per heavy atom. The van der Waals surface area contributed by atoms with E-state index in [4.69, 9.17) is 11.6 Å². The van der Waals surface area contributed by atoms with Crippen molar-refractivity contribution in [3.8, 4) is 0 Å². The molecule has 108 valence electrons. The van der Waals surface area contributed by atoms with Gasteiger partial charge in [0.15, 0.2) is 0 Å². The number of halogens is 1. The third kappa shape index (κ3) is 3.73. The van der Waals surface area contributed by atoms with E-state index in [0.717, 1.165) is 31.2 Å². The van der Waals surface area contributed by atoms with Crippen LogP contribution >= 0.6 is 11.6 Å². The molecule has 1 aliphatic carbocycles. The lowest BCUT2D eigenvalue weighted by molar-refractivity contribution is -0.127. The Morgan fingerprint density at radius 2 is 2.00 bits per heavy atom. The molecule has 2 amide bonds. The van der Waals surface area contributed by atoms with E-state index in [1.165, 1.54) is 0 Å². The van der Waals surface area contributed by atoms with Gasteiger partial charge in [-0.15, -0.1) is 0 Å². The molecule has 0 spiro atoms. The molecule has 0 unspecified atom stereocenters. The van der Waals surface area contributed by atoms with Crippen molar-refractivity contribution in [1.82, 2.24) is 5.32 Å². The first-order valence-electron chi connectivity index (χ1n) is 6.90. The molecule has 0 bridgehead atoms. The minimum Gasteiger partial charge on any atom is -0.347 e. The average molecular weight is 295 g/mol. The molecule has 0 aliphatic heterocycles. The van der Waals surface area contributed by atoms with Crippen LogP contribution in [0.1, 0.15) is 31.2 Å². The molecular formula is C15H19ClN2O2. The van der Waals surface area contributed by atoms with Gasteiger partial charge in [0.05, 0.1) is 6.54 Å². The predicted molar refractivity (Wildman–Crippen MR) is 79.8 cm³/mol. The van der Waals surface area contributed by atoms with E-state index in [2.05, 4.69) is 10.6 Å². The zero-order chi connectivity index (χ0) is 14.5. The van der Waals surface area contributed by atoms with E-state index < -0.39 is 0 Å². The van der Waals surface area contributed by atoms with Gasteiger partial charge in [0, 0.05) is 16.6 Å². The minimum atomic E-state index is -0.235. The van der Waals surface area contributed by atoms with Crippen LogP contribution in [-0.2, 0) is 9.59 Å². The van der Waals surface area contributed by atoms with Gasteiger partial charge in [-0.2, -0.15) is 0 Å². The average Bonchev–Trinajstić information content (AvgIpc) is 2.95. The number of carbonyl (C=O) groups excluding carboxylic acids is 2. The summed E-state index contributed by atoms with van der Waals surface area (Å²) in [6.07, 6.45) is 4.07. The zero-order valence-electron chi connectivity index (χ0n) is 11.5. The maximum atomic E-state index is 11.8. The summed E-state index contributed by atoms with van der Waals surface area (Å²) in [7, 11) is 0. The Labute approximate surface area is 123 Å². The van der Waals surface area contributed by atoms with E-state index >= 15 is 0 Å². The molecule has 1 aliphatic rings. The lowest BCUT2D eigenvalue weighted by atomic mass is 10.1. The number of anilines is 1. The maximum Gasteiger partial charge on any atom is 0.243 e. The monoisotopic (exact) mass is 294 g/mol. The van der Waals surface area contributed by atoms with Crippen molar-refractivity contribution in [2.45, 2.75) is 32.6 Å². The Kier molecular flexibility index (Phi) is 5.01. The second-order valence-electron chi connectivity index (χ2n) is 5.16. The number of amides is 2. The molecule has 1 fully saturated rings. The van der Waals surface area contributed by atoms with Crippen molar-refractivity contribution < 1.29 is 9.59 Å². The van der Waals surface area contributed by atoms with E-state index in [1.54, 1.807) is 18.2 Å². The molecular weight excluding hydrogens is 276 g/mol. The summed E-state index contributed by atoms with van der Waals surface area (Å²) < 4.78 is 0. The molecule has 1 aromatic rings. The van der Waals surface area contributed by atoms with Crippen molar-refractivity contribution in [3.05, 3.63) is 28.8 Å². The third-order valence-electron chi connectivity index (χ3n) is 3.69. The first-order valence-corrected chi connectivity index (χ1v) is 7.28. The smallest absolute Gasteiger partial charge is 0.243 e. The van der Waals surface area contributed by atoms with Gasteiger partial charge >= 0.3 is 0 Å². The Balaban J connectivity index is 1.83. The summed E-state index contributed by atoms with van der Waals surface area (Å²) >= 11 is 5.99. The van der Waals surface area contributed by atoms with Crippen LogP contribution in [0.2, 0.25) is 5.02 Å². The summed E-state index contributed by atoms with van der Waals surface area (Å²) in [4.78, 5) is 23.6. The molecule has 0 saturated heterocycles. The highest BCUT2D eigenvalue weighted by atomic mass is 35.5. The van der Waals surface area contributed by atoms with Gasteiger partial charge in [-0.3, -0.25) is 9.59 Å². The number of nitrogens with one attached hydrogen (secondary N) is 2. The molecule has 0 atom stereocenters. The molecule has 5 heteroatoms. The molecule has 0 aromatic heterocycles. The Hall–Kier alpha value is -1.55. The van der Waals surface area contributed by atoms with Crippen molar-refractivity contribution in [2.75, 3.05) is 11.9 Å². The molecule has 0 radical (unpaired) electrons. The van der Waals surface area contributed by atoms with E-state index in [1.807, 2.05) is 6.92 Å². The molecule has 4 nitrogen and oxygen atoms in total. The van der Waals surface area contributed by atoms with Gasteiger partial charge in [0.25, 0.3) is 0 Å². The predicted octanol–water partition coefficient (Wildman–Crippen LogP) is 2.89. The van der Waals surface area contributed by atoms with Gasteiger partial charge in [-0.1, -0.05) is 30.5 Å². The van der Waals surface area contributed by atoms with Crippen LogP contribution in [0.4, 0.5) is 5.69 Å². The number of rotatable bonds is 4. The summed E-state index contributed by atoms with van der Waals surface area (Å²) in [5.74, 6) is -0.169. The molecule has 2 N–H and O–H groups in total. The summed E-state index contributed by atoms with van der Waals surface area (Å²) in [6, 6.07) is 5.34.